The second-order valence-electron chi connectivity index (χ2n) is 5.90. The Morgan fingerprint density at radius 1 is 1.27 bits per heavy atom. The summed E-state index contributed by atoms with van der Waals surface area (Å²) in [6, 6.07) is 8.27. The monoisotopic (exact) mass is 297 g/mol. The molecule has 0 fully saturated rings. The second-order valence-corrected chi connectivity index (χ2v) is 5.90. The molecule has 22 heavy (non-hydrogen) atoms. The van der Waals surface area contributed by atoms with Crippen LogP contribution >= 0.6 is 0 Å². The summed E-state index contributed by atoms with van der Waals surface area (Å²) in [5.41, 5.74) is 2.57. The Hall–Kier alpha value is -2.37. The Balaban J connectivity index is 1.36. The van der Waals surface area contributed by atoms with Crippen LogP contribution in [0.15, 0.2) is 24.3 Å². The van der Waals surface area contributed by atoms with E-state index in [1.54, 1.807) is 0 Å². The van der Waals surface area contributed by atoms with Crippen molar-refractivity contribution in [2.24, 2.45) is 0 Å². The van der Waals surface area contributed by atoms with Gasteiger partial charge in [-0.15, -0.1) is 10.2 Å². The van der Waals surface area contributed by atoms with Crippen molar-refractivity contribution in [3.63, 3.8) is 0 Å². The van der Waals surface area contributed by atoms with Crippen molar-refractivity contribution in [3.8, 4) is 0 Å². The second kappa shape index (κ2) is 5.44. The van der Waals surface area contributed by atoms with Gasteiger partial charge in [-0.25, -0.2) is 4.79 Å². The third-order valence-corrected chi connectivity index (χ3v) is 4.53. The van der Waals surface area contributed by atoms with E-state index in [9.17, 15) is 4.79 Å². The molecule has 0 radical (unpaired) electrons. The van der Waals surface area contributed by atoms with E-state index < -0.39 is 0 Å². The molecule has 2 amide bonds. The van der Waals surface area contributed by atoms with Crippen LogP contribution in [0, 0.1) is 0 Å². The van der Waals surface area contributed by atoms with Gasteiger partial charge < -0.3 is 15.2 Å². The van der Waals surface area contributed by atoms with Crippen molar-refractivity contribution < 1.29 is 4.79 Å². The molecule has 4 rings (SSSR count). The highest BCUT2D eigenvalue weighted by Gasteiger charge is 2.23. The quantitative estimate of drug-likeness (QED) is 0.906. The predicted molar refractivity (Wildman–Crippen MR) is 81.2 cm³/mol. The molecule has 6 heteroatoms. The maximum Gasteiger partial charge on any atom is 0.315 e. The molecule has 2 aliphatic rings. The number of nitrogens with one attached hydrogen (secondary N) is 2. The van der Waals surface area contributed by atoms with Gasteiger partial charge in [0.1, 0.15) is 5.82 Å². The molecule has 0 bridgehead atoms. The van der Waals surface area contributed by atoms with Crippen molar-refractivity contribution in [2.75, 3.05) is 0 Å². The summed E-state index contributed by atoms with van der Waals surface area (Å²) in [6.07, 6.45) is 4.09. The fraction of sp³-hybridized carbons (Fsp3) is 0.438. The Morgan fingerprint density at radius 2 is 2.18 bits per heavy atom. The zero-order valence-corrected chi connectivity index (χ0v) is 12.4. The number of nitrogens with zero attached hydrogens (tertiary/aromatic N) is 3. The Bertz CT molecular complexity index is 708. The van der Waals surface area contributed by atoms with Crippen molar-refractivity contribution >= 4 is 6.03 Å². The lowest BCUT2D eigenvalue weighted by atomic mass is 10.1. The number of benzene rings is 1. The van der Waals surface area contributed by atoms with Gasteiger partial charge in [0.25, 0.3) is 0 Å². The van der Waals surface area contributed by atoms with Gasteiger partial charge in [-0.05, 0) is 30.4 Å². The van der Waals surface area contributed by atoms with Crippen LogP contribution in [-0.2, 0) is 25.9 Å². The van der Waals surface area contributed by atoms with Gasteiger partial charge in [-0.2, -0.15) is 0 Å². The minimum atomic E-state index is -0.142. The molecule has 114 valence electrons. The summed E-state index contributed by atoms with van der Waals surface area (Å²) in [5, 5.41) is 14.3. The van der Waals surface area contributed by atoms with E-state index in [0.717, 1.165) is 43.9 Å². The van der Waals surface area contributed by atoms with Gasteiger partial charge in [-0.1, -0.05) is 24.3 Å². The Labute approximate surface area is 128 Å². The number of carbonyl (C=O) groups excluding carboxylic acids is 1. The normalized spacial score (nSPS) is 18.8. The highest BCUT2D eigenvalue weighted by molar-refractivity contribution is 5.74. The number of urea groups is 1. The van der Waals surface area contributed by atoms with E-state index in [0.29, 0.717) is 6.54 Å². The maximum atomic E-state index is 12.1. The van der Waals surface area contributed by atoms with Crippen LogP contribution in [0.2, 0.25) is 0 Å². The van der Waals surface area contributed by atoms with Crippen LogP contribution < -0.4 is 10.6 Å². The van der Waals surface area contributed by atoms with E-state index in [-0.39, 0.29) is 12.1 Å². The molecule has 1 aromatic carbocycles. The molecular weight excluding hydrogens is 278 g/mol. The van der Waals surface area contributed by atoms with E-state index in [1.165, 1.54) is 11.1 Å². The summed E-state index contributed by atoms with van der Waals surface area (Å²) < 4.78 is 2.10. The first-order chi connectivity index (χ1) is 10.8. The average molecular weight is 297 g/mol. The Kier molecular flexibility index (Phi) is 3.29. The smallest absolute Gasteiger partial charge is 0.315 e. The van der Waals surface area contributed by atoms with Crippen LogP contribution in [0.25, 0.3) is 0 Å². The molecule has 0 saturated heterocycles. The van der Waals surface area contributed by atoms with Crippen LogP contribution in [0.1, 0.15) is 41.7 Å². The highest BCUT2D eigenvalue weighted by atomic mass is 16.2. The van der Waals surface area contributed by atoms with Gasteiger partial charge in [0, 0.05) is 13.0 Å². The number of carbonyl (C=O) groups is 1. The lowest BCUT2D eigenvalue weighted by Crippen LogP contribution is -2.37. The molecule has 1 unspecified atom stereocenters. The van der Waals surface area contributed by atoms with Crippen molar-refractivity contribution in [1.82, 2.24) is 25.4 Å². The minimum Gasteiger partial charge on any atom is -0.331 e. The summed E-state index contributed by atoms with van der Waals surface area (Å²) in [5.74, 6) is 1.87. The zero-order valence-electron chi connectivity index (χ0n) is 12.4. The van der Waals surface area contributed by atoms with Crippen LogP contribution in [-0.4, -0.2) is 20.8 Å². The van der Waals surface area contributed by atoms with Crippen molar-refractivity contribution in [1.29, 1.82) is 0 Å². The van der Waals surface area contributed by atoms with Crippen molar-refractivity contribution in [3.05, 3.63) is 47.0 Å². The molecule has 1 aliphatic heterocycles. The van der Waals surface area contributed by atoms with Gasteiger partial charge in [0.2, 0.25) is 0 Å². The summed E-state index contributed by atoms with van der Waals surface area (Å²) in [6.45, 7) is 1.38. The average Bonchev–Trinajstić information content (AvgIpc) is 3.22. The summed E-state index contributed by atoms with van der Waals surface area (Å²) in [7, 11) is 0. The molecule has 2 heterocycles. The zero-order chi connectivity index (χ0) is 14.9. The van der Waals surface area contributed by atoms with Gasteiger partial charge in [0.15, 0.2) is 5.82 Å². The highest BCUT2D eigenvalue weighted by Crippen LogP contribution is 2.30. The van der Waals surface area contributed by atoms with Gasteiger partial charge >= 0.3 is 6.03 Å². The largest absolute Gasteiger partial charge is 0.331 e. The summed E-state index contributed by atoms with van der Waals surface area (Å²) in [4.78, 5) is 12.1. The Morgan fingerprint density at radius 3 is 3.14 bits per heavy atom. The molecule has 1 aromatic heterocycles. The summed E-state index contributed by atoms with van der Waals surface area (Å²) >= 11 is 0. The van der Waals surface area contributed by atoms with E-state index in [2.05, 4.69) is 37.5 Å². The SMILES string of the molecule is O=C(NCc1nnc2n1CCC2)NC1CCc2ccccc21. The molecule has 2 aromatic rings. The van der Waals surface area contributed by atoms with E-state index >= 15 is 0 Å². The fourth-order valence-electron chi connectivity index (χ4n) is 3.42. The topological polar surface area (TPSA) is 71.8 Å². The molecule has 1 aliphatic carbocycles. The first-order valence-electron chi connectivity index (χ1n) is 7.84. The van der Waals surface area contributed by atoms with Gasteiger partial charge in [-0.3, -0.25) is 0 Å². The number of rotatable bonds is 3. The number of amides is 2. The lowest BCUT2D eigenvalue weighted by molar-refractivity contribution is 0.236. The predicted octanol–water partition coefficient (Wildman–Crippen LogP) is 1.71. The molecule has 2 N–H and O–H groups in total. The first-order valence-corrected chi connectivity index (χ1v) is 7.84. The van der Waals surface area contributed by atoms with Gasteiger partial charge in [0.05, 0.1) is 12.6 Å². The molecular formula is C16H19N5O. The molecule has 0 spiro atoms. The van der Waals surface area contributed by atoms with Crippen LogP contribution in [0.4, 0.5) is 4.79 Å². The number of hydrogen-bond acceptors (Lipinski definition) is 3. The fourth-order valence-corrected chi connectivity index (χ4v) is 3.42. The minimum absolute atomic E-state index is 0.111. The third-order valence-electron chi connectivity index (χ3n) is 4.53. The number of hydrogen-bond donors (Lipinski definition) is 2. The maximum absolute atomic E-state index is 12.1. The van der Waals surface area contributed by atoms with E-state index in [1.807, 2.05) is 12.1 Å². The number of fused-ring (bicyclic) bond motifs is 2. The molecule has 0 saturated carbocycles. The molecule has 6 nitrogen and oxygen atoms in total. The lowest BCUT2D eigenvalue weighted by Gasteiger charge is -2.14. The number of aryl methyl sites for hydroxylation is 2. The third kappa shape index (κ3) is 2.34. The molecule has 1 atom stereocenters. The van der Waals surface area contributed by atoms with Crippen LogP contribution in [0.5, 0.6) is 0 Å². The van der Waals surface area contributed by atoms with Crippen molar-refractivity contribution in [2.45, 2.75) is 44.8 Å². The number of aromatic nitrogens is 3. The van der Waals surface area contributed by atoms with Crippen LogP contribution in [0.3, 0.4) is 0 Å². The standard InChI is InChI=1S/C16H19N5O/c22-16(17-10-15-20-19-14-6-3-9-21(14)15)18-13-8-7-11-4-1-2-5-12(11)13/h1-2,4-5,13H,3,6-10H2,(H2,17,18,22). The van der Waals surface area contributed by atoms with E-state index in [4.69, 9.17) is 0 Å². The first kappa shape index (κ1) is 13.3.